The maximum atomic E-state index is 11.4. The van der Waals surface area contributed by atoms with Gasteiger partial charge in [-0.15, -0.1) is 0 Å². The molecule has 0 saturated carbocycles. The van der Waals surface area contributed by atoms with Gasteiger partial charge in [0.2, 0.25) is 0 Å². The van der Waals surface area contributed by atoms with Crippen LogP contribution < -0.4 is 0 Å². The van der Waals surface area contributed by atoms with Gasteiger partial charge >= 0.3 is 0 Å². The predicted molar refractivity (Wildman–Crippen MR) is 203 cm³/mol. The Kier molecular flexibility index (Phi) is 12.2. The molecule has 0 amide bonds. The maximum absolute atomic E-state index is 11.4. The number of hydrogen-bond donors (Lipinski definition) is 2. The number of likely N-dealkylation sites (N-methyl/N-ethyl adjacent to an activating group) is 2. The largest absolute Gasteiger partial charge is 0.507 e. The molecule has 0 bridgehead atoms. The summed E-state index contributed by atoms with van der Waals surface area (Å²) in [5, 5.41) is 22.8. The first-order chi connectivity index (χ1) is 22.5. The highest BCUT2D eigenvalue weighted by molar-refractivity contribution is 5.48. The van der Waals surface area contributed by atoms with Crippen LogP contribution in [0.15, 0.2) is 84.9 Å². The van der Waals surface area contributed by atoms with Gasteiger partial charge in [0, 0.05) is 36.3 Å². The van der Waals surface area contributed by atoms with Gasteiger partial charge in [-0.1, -0.05) is 138 Å². The number of nitrogens with zero attached hydrogens (tertiary/aromatic N) is 2. The lowest BCUT2D eigenvalue weighted by Crippen LogP contribution is -2.38. The first kappa shape index (κ1) is 37.2. The van der Waals surface area contributed by atoms with Gasteiger partial charge in [-0.2, -0.15) is 0 Å². The van der Waals surface area contributed by atoms with E-state index < -0.39 is 0 Å². The second-order valence-electron chi connectivity index (χ2n) is 16.2. The lowest BCUT2D eigenvalue weighted by molar-refractivity contribution is 0.172. The fraction of sp³-hybridized carbons (Fsp3) is 0.455. The van der Waals surface area contributed by atoms with Crippen molar-refractivity contribution in [3.63, 3.8) is 0 Å². The highest BCUT2D eigenvalue weighted by atomic mass is 16.3. The number of phenolic OH excluding ortho intramolecular Hbond substituents is 2. The van der Waals surface area contributed by atoms with E-state index in [0.29, 0.717) is 24.6 Å². The Morgan fingerprint density at radius 3 is 1.19 bits per heavy atom. The molecule has 0 unspecified atom stereocenters. The molecule has 4 rings (SSSR count). The third-order valence-corrected chi connectivity index (χ3v) is 9.83. The second-order valence-corrected chi connectivity index (χ2v) is 16.2. The molecule has 0 aliphatic carbocycles. The molecule has 0 aliphatic heterocycles. The molecule has 4 aromatic rings. The summed E-state index contributed by atoms with van der Waals surface area (Å²) in [5.74, 6) is 0.848. The molecular weight excluding hydrogens is 588 g/mol. The Bertz CT molecular complexity index is 1490. The van der Waals surface area contributed by atoms with E-state index in [1.165, 1.54) is 22.3 Å². The lowest BCUT2D eigenvalue weighted by atomic mass is 9.84. The van der Waals surface area contributed by atoms with Gasteiger partial charge < -0.3 is 10.2 Å². The van der Waals surface area contributed by atoms with Gasteiger partial charge in [0.1, 0.15) is 11.5 Å². The van der Waals surface area contributed by atoms with E-state index in [1.54, 1.807) is 0 Å². The summed E-state index contributed by atoms with van der Waals surface area (Å²) in [7, 11) is 4.42. The van der Waals surface area contributed by atoms with Crippen LogP contribution in [0.4, 0.5) is 0 Å². The maximum Gasteiger partial charge on any atom is 0.123 e. The zero-order chi connectivity index (χ0) is 35.2. The van der Waals surface area contributed by atoms with Crippen molar-refractivity contribution in [2.24, 2.45) is 0 Å². The van der Waals surface area contributed by atoms with Gasteiger partial charge in [0.25, 0.3) is 0 Å². The molecule has 4 aromatic carbocycles. The van der Waals surface area contributed by atoms with Crippen molar-refractivity contribution in [2.45, 2.75) is 117 Å². The summed E-state index contributed by atoms with van der Waals surface area (Å²) in [6.45, 7) is 18.6. The fourth-order valence-corrected chi connectivity index (χ4v) is 7.00. The fourth-order valence-electron chi connectivity index (χ4n) is 7.00. The van der Waals surface area contributed by atoms with Crippen molar-refractivity contribution < 1.29 is 10.2 Å². The average molecular weight is 649 g/mol. The number of phenols is 2. The Morgan fingerprint density at radius 1 is 0.542 bits per heavy atom. The van der Waals surface area contributed by atoms with Crippen molar-refractivity contribution in [1.82, 2.24) is 9.80 Å². The molecule has 4 heteroatoms. The molecule has 4 nitrogen and oxygen atoms in total. The molecule has 0 spiro atoms. The predicted octanol–water partition coefficient (Wildman–Crippen LogP) is 9.88. The Balaban J connectivity index is 1.63. The third-order valence-electron chi connectivity index (χ3n) is 9.83. The normalized spacial score (nSPS) is 13.7. The van der Waals surface area contributed by atoms with E-state index in [0.717, 1.165) is 47.9 Å². The van der Waals surface area contributed by atoms with Gasteiger partial charge in [0.15, 0.2) is 0 Å². The number of rotatable bonds is 13. The smallest absolute Gasteiger partial charge is 0.123 e. The van der Waals surface area contributed by atoms with E-state index >= 15 is 0 Å². The van der Waals surface area contributed by atoms with Crippen molar-refractivity contribution in [3.05, 3.63) is 129 Å². The van der Waals surface area contributed by atoms with Crippen molar-refractivity contribution in [1.29, 1.82) is 0 Å². The third kappa shape index (κ3) is 9.96. The minimum Gasteiger partial charge on any atom is -0.507 e. The van der Waals surface area contributed by atoms with E-state index in [9.17, 15) is 10.2 Å². The SMILES string of the molecule is Cc1cc(CN(C)[C@@H](CC[C@@H](Cc2ccccc2)N(C)Cc2cc(C)cc(C(C)(C)C)c2O)Cc2ccccc2)c(O)c(C(C)(C)C)c1. The molecule has 0 aromatic heterocycles. The summed E-state index contributed by atoms with van der Waals surface area (Å²) in [6.07, 6.45) is 3.87. The van der Waals surface area contributed by atoms with Crippen LogP contribution in [0.25, 0.3) is 0 Å². The van der Waals surface area contributed by atoms with Gasteiger partial charge in [0.05, 0.1) is 0 Å². The van der Waals surface area contributed by atoms with Crippen LogP contribution in [-0.4, -0.2) is 46.2 Å². The van der Waals surface area contributed by atoms with Crippen LogP contribution in [0.5, 0.6) is 11.5 Å². The summed E-state index contributed by atoms with van der Waals surface area (Å²) in [6, 6.07) is 30.7. The van der Waals surface area contributed by atoms with Crippen LogP contribution in [0.3, 0.4) is 0 Å². The summed E-state index contributed by atoms with van der Waals surface area (Å²) >= 11 is 0. The number of hydrogen-bond acceptors (Lipinski definition) is 4. The standard InChI is InChI=1S/C44H60N2O2/c1-31-23-35(41(47)39(25-31)43(3,4)5)29-45(9)37(27-33-17-13-11-14-18-33)21-22-38(28-34-19-15-12-16-20-34)46(10)30-36-24-32(2)26-40(42(36)48)44(6,7)8/h11-20,23-26,37-38,47-48H,21-22,27-30H2,1-10H3/t37-,38-/m0/s1. The Morgan fingerprint density at radius 2 is 0.875 bits per heavy atom. The van der Waals surface area contributed by atoms with Gasteiger partial charge in [-0.05, 0) is 86.7 Å². The molecular formula is C44H60N2O2. The van der Waals surface area contributed by atoms with Gasteiger partial charge in [-0.3, -0.25) is 9.80 Å². The highest BCUT2D eigenvalue weighted by Gasteiger charge is 2.26. The molecule has 0 heterocycles. The molecule has 258 valence electrons. The number of aromatic hydroxyl groups is 2. The molecule has 0 radical (unpaired) electrons. The Hall–Kier alpha value is -3.60. The monoisotopic (exact) mass is 648 g/mol. The quantitative estimate of drug-likeness (QED) is 0.152. The lowest BCUT2D eigenvalue weighted by Gasteiger charge is -2.34. The molecule has 0 fully saturated rings. The van der Waals surface area contributed by atoms with Crippen molar-refractivity contribution in [3.8, 4) is 11.5 Å². The molecule has 0 aliphatic rings. The van der Waals surface area contributed by atoms with E-state index in [2.05, 4.69) is 164 Å². The minimum absolute atomic E-state index is 0.137. The molecule has 0 saturated heterocycles. The first-order valence-electron chi connectivity index (χ1n) is 17.7. The first-order valence-corrected chi connectivity index (χ1v) is 17.7. The van der Waals surface area contributed by atoms with E-state index in [1.807, 2.05) is 0 Å². The van der Waals surface area contributed by atoms with Gasteiger partial charge in [-0.25, -0.2) is 0 Å². The number of benzene rings is 4. The molecule has 2 N–H and O–H groups in total. The Labute approximate surface area is 291 Å². The topological polar surface area (TPSA) is 46.9 Å². The highest BCUT2D eigenvalue weighted by Crippen LogP contribution is 2.37. The van der Waals surface area contributed by atoms with Crippen LogP contribution in [0.1, 0.15) is 98.9 Å². The number of aryl methyl sites for hydroxylation is 2. The summed E-state index contributed by atoms with van der Waals surface area (Å²) < 4.78 is 0. The second kappa shape index (κ2) is 15.7. The van der Waals surface area contributed by atoms with Crippen LogP contribution in [0, 0.1) is 13.8 Å². The van der Waals surface area contributed by atoms with Crippen molar-refractivity contribution in [2.75, 3.05) is 14.1 Å². The molecule has 2 atom stereocenters. The van der Waals surface area contributed by atoms with Crippen LogP contribution in [0.2, 0.25) is 0 Å². The van der Waals surface area contributed by atoms with Crippen LogP contribution in [-0.2, 0) is 36.8 Å². The summed E-state index contributed by atoms with van der Waals surface area (Å²) in [4.78, 5) is 4.88. The van der Waals surface area contributed by atoms with Crippen LogP contribution >= 0.6 is 0 Å². The zero-order valence-corrected chi connectivity index (χ0v) is 31.3. The van der Waals surface area contributed by atoms with Crippen molar-refractivity contribution >= 4 is 0 Å². The van der Waals surface area contributed by atoms with E-state index in [-0.39, 0.29) is 22.9 Å². The summed E-state index contributed by atoms with van der Waals surface area (Å²) in [5.41, 5.74) is 8.72. The average Bonchev–Trinajstić information content (AvgIpc) is 3.01. The minimum atomic E-state index is -0.137. The molecule has 48 heavy (non-hydrogen) atoms. The zero-order valence-electron chi connectivity index (χ0n) is 31.3. The van der Waals surface area contributed by atoms with E-state index in [4.69, 9.17) is 0 Å².